The highest BCUT2D eigenvalue weighted by molar-refractivity contribution is 5.96. The monoisotopic (exact) mass is 389 g/mol. The summed E-state index contributed by atoms with van der Waals surface area (Å²) in [6, 6.07) is 7.09. The number of nitrogens with one attached hydrogen (secondary N) is 2. The number of phenols is 1. The van der Waals surface area contributed by atoms with Gasteiger partial charge in [-0.15, -0.1) is 0 Å². The second-order valence-electron chi connectivity index (χ2n) is 7.05. The predicted molar refractivity (Wildman–Crippen MR) is 109 cm³/mol. The van der Waals surface area contributed by atoms with Gasteiger partial charge in [0.05, 0.1) is 25.3 Å². The van der Waals surface area contributed by atoms with Gasteiger partial charge in [-0.3, -0.25) is 14.7 Å². The molecule has 0 saturated carbocycles. The molecule has 0 aliphatic carbocycles. The van der Waals surface area contributed by atoms with E-state index in [2.05, 4.69) is 32.3 Å². The number of likely N-dealkylation sites (tertiary alicyclic amines) is 1. The van der Waals surface area contributed by atoms with E-state index in [9.17, 15) is 9.90 Å². The van der Waals surface area contributed by atoms with E-state index in [1.54, 1.807) is 18.2 Å². The van der Waals surface area contributed by atoms with Crippen molar-refractivity contribution in [2.75, 3.05) is 59.0 Å². The molecule has 2 saturated heterocycles. The van der Waals surface area contributed by atoms with Crippen molar-refractivity contribution in [1.82, 2.24) is 20.4 Å². The van der Waals surface area contributed by atoms with Gasteiger partial charge in [-0.2, -0.15) is 0 Å². The molecule has 3 N–H and O–H groups in total. The van der Waals surface area contributed by atoms with E-state index in [0.29, 0.717) is 19.1 Å². The summed E-state index contributed by atoms with van der Waals surface area (Å²) in [4.78, 5) is 21.6. The van der Waals surface area contributed by atoms with Crippen LogP contribution in [0.1, 0.15) is 23.7 Å². The fourth-order valence-corrected chi connectivity index (χ4v) is 3.69. The Morgan fingerprint density at radius 2 is 2.04 bits per heavy atom. The number of carbonyl (C=O) groups is 1. The maximum absolute atomic E-state index is 12.1. The zero-order valence-corrected chi connectivity index (χ0v) is 16.6. The first kappa shape index (κ1) is 20.4. The second-order valence-corrected chi connectivity index (χ2v) is 7.05. The van der Waals surface area contributed by atoms with E-state index in [1.807, 2.05) is 0 Å². The van der Waals surface area contributed by atoms with Crippen LogP contribution in [0, 0.1) is 0 Å². The number of para-hydroxylation sites is 1. The Hall–Kier alpha value is -2.32. The molecule has 8 nitrogen and oxygen atoms in total. The molecule has 1 amide bonds. The molecular formula is C20H31N5O3. The lowest BCUT2D eigenvalue weighted by atomic mass is 10.2. The van der Waals surface area contributed by atoms with Gasteiger partial charge in [-0.25, -0.2) is 0 Å². The molecular weight excluding hydrogens is 358 g/mol. The molecule has 2 aliphatic heterocycles. The van der Waals surface area contributed by atoms with Gasteiger partial charge in [-0.05, 0) is 25.5 Å². The van der Waals surface area contributed by atoms with Crippen molar-refractivity contribution in [1.29, 1.82) is 0 Å². The number of guanidine groups is 1. The minimum atomic E-state index is -0.285. The number of benzene rings is 1. The van der Waals surface area contributed by atoms with Crippen molar-refractivity contribution >= 4 is 11.9 Å². The molecule has 3 rings (SSSR count). The first-order chi connectivity index (χ1) is 13.7. The molecule has 28 heavy (non-hydrogen) atoms. The topological polar surface area (TPSA) is 89.4 Å². The van der Waals surface area contributed by atoms with Crippen LogP contribution in [0.4, 0.5) is 0 Å². The van der Waals surface area contributed by atoms with Gasteiger partial charge in [0, 0.05) is 45.3 Å². The third-order valence-corrected chi connectivity index (χ3v) is 5.17. The van der Waals surface area contributed by atoms with Crippen LogP contribution in [0.5, 0.6) is 5.75 Å². The SMILES string of the molecule is CCNC(=NCCNC(=O)c1ccccc1O)N1CCC(N2CCOCC2)C1. The van der Waals surface area contributed by atoms with Crippen molar-refractivity contribution in [3.63, 3.8) is 0 Å². The predicted octanol–water partition coefficient (Wildman–Crippen LogP) is 0.494. The van der Waals surface area contributed by atoms with E-state index < -0.39 is 0 Å². The Morgan fingerprint density at radius 3 is 2.79 bits per heavy atom. The van der Waals surface area contributed by atoms with Gasteiger partial charge < -0.3 is 25.4 Å². The van der Waals surface area contributed by atoms with Crippen LogP contribution < -0.4 is 10.6 Å². The lowest BCUT2D eigenvalue weighted by Gasteiger charge is -2.32. The summed E-state index contributed by atoms with van der Waals surface area (Å²) in [5.74, 6) is 0.602. The van der Waals surface area contributed by atoms with Gasteiger partial charge in [-0.1, -0.05) is 12.1 Å². The number of morpholine rings is 1. The van der Waals surface area contributed by atoms with E-state index in [4.69, 9.17) is 4.74 Å². The van der Waals surface area contributed by atoms with Crippen molar-refractivity contribution in [2.24, 2.45) is 4.99 Å². The van der Waals surface area contributed by atoms with Crippen molar-refractivity contribution in [2.45, 2.75) is 19.4 Å². The Bertz CT molecular complexity index is 676. The van der Waals surface area contributed by atoms with E-state index in [0.717, 1.165) is 58.3 Å². The number of hydrogen-bond acceptors (Lipinski definition) is 5. The minimum Gasteiger partial charge on any atom is -0.507 e. The van der Waals surface area contributed by atoms with Crippen LogP contribution in [-0.4, -0.2) is 91.8 Å². The fraction of sp³-hybridized carbons (Fsp3) is 0.600. The van der Waals surface area contributed by atoms with Gasteiger partial charge in [0.1, 0.15) is 5.75 Å². The van der Waals surface area contributed by atoms with Gasteiger partial charge in [0.2, 0.25) is 0 Å². The van der Waals surface area contributed by atoms with E-state index in [1.165, 1.54) is 6.07 Å². The zero-order chi connectivity index (χ0) is 19.8. The minimum absolute atomic E-state index is 0.0111. The Balaban J connectivity index is 1.49. The van der Waals surface area contributed by atoms with E-state index in [-0.39, 0.29) is 17.2 Å². The highest BCUT2D eigenvalue weighted by Gasteiger charge is 2.30. The van der Waals surface area contributed by atoms with Crippen LogP contribution in [0.3, 0.4) is 0 Å². The first-order valence-electron chi connectivity index (χ1n) is 10.1. The van der Waals surface area contributed by atoms with Gasteiger partial charge in [0.25, 0.3) is 5.91 Å². The molecule has 8 heteroatoms. The number of ether oxygens (including phenoxy) is 1. The molecule has 0 radical (unpaired) electrons. The largest absolute Gasteiger partial charge is 0.507 e. The summed E-state index contributed by atoms with van der Waals surface area (Å²) >= 11 is 0. The molecule has 1 atom stereocenters. The maximum Gasteiger partial charge on any atom is 0.255 e. The Labute approximate surface area is 166 Å². The number of phenolic OH excluding ortho intramolecular Hbond substituents is 1. The fourth-order valence-electron chi connectivity index (χ4n) is 3.69. The average Bonchev–Trinajstić information content (AvgIpc) is 3.21. The summed E-state index contributed by atoms with van der Waals surface area (Å²) in [6.45, 7) is 9.38. The highest BCUT2D eigenvalue weighted by Crippen LogP contribution is 2.17. The molecule has 2 heterocycles. The normalized spacial score (nSPS) is 21.0. The van der Waals surface area contributed by atoms with Crippen molar-refractivity contribution in [3.8, 4) is 5.75 Å². The lowest BCUT2D eigenvalue weighted by molar-refractivity contribution is 0.0195. The lowest BCUT2D eigenvalue weighted by Crippen LogP contribution is -2.46. The molecule has 0 spiro atoms. The van der Waals surface area contributed by atoms with Crippen LogP contribution in [0.25, 0.3) is 0 Å². The average molecular weight is 390 g/mol. The summed E-state index contributed by atoms with van der Waals surface area (Å²) in [6.07, 6.45) is 1.13. The van der Waals surface area contributed by atoms with Crippen LogP contribution >= 0.6 is 0 Å². The Kier molecular flexibility index (Phi) is 7.50. The molecule has 1 aromatic rings. The summed E-state index contributed by atoms with van der Waals surface area (Å²) in [7, 11) is 0. The molecule has 0 aromatic heterocycles. The quantitative estimate of drug-likeness (QED) is 0.373. The first-order valence-corrected chi connectivity index (χ1v) is 10.1. The summed E-state index contributed by atoms with van der Waals surface area (Å²) in [5.41, 5.74) is 0.284. The standard InChI is InChI=1S/C20H31N5O3/c1-2-21-20(25-10-7-16(15-25)24-11-13-28-14-12-24)23-9-8-22-19(27)17-5-3-4-6-18(17)26/h3-6,16,26H,2,7-15H2,1H3,(H,21,23)(H,22,27). The number of hydrogen-bond donors (Lipinski definition) is 3. The van der Waals surface area contributed by atoms with Crippen molar-refractivity contribution < 1.29 is 14.6 Å². The summed E-state index contributed by atoms with van der Waals surface area (Å²) in [5, 5.41) is 15.9. The molecule has 0 bridgehead atoms. The zero-order valence-electron chi connectivity index (χ0n) is 16.6. The number of amides is 1. The van der Waals surface area contributed by atoms with Gasteiger partial charge in [0.15, 0.2) is 5.96 Å². The van der Waals surface area contributed by atoms with Crippen molar-refractivity contribution in [3.05, 3.63) is 29.8 Å². The number of carbonyl (C=O) groups excluding carboxylic acids is 1. The molecule has 154 valence electrons. The maximum atomic E-state index is 12.1. The summed E-state index contributed by atoms with van der Waals surface area (Å²) < 4.78 is 5.45. The van der Waals surface area contributed by atoms with Crippen LogP contribution in [0.15, 0.2) is 29.3 Å². The molecule has 1 aromatic carbocycles. The molecule has 1 unspecified atom stereocenters. The van der Waals surface area contributed by atoms with Crippen LogP contribution in [-0.2, 0) is 4.74 Å². The number of nitrogens with zero attached hydrogens (tertiary/aromatic N) is 3. The third kappa shape index (κ3) is 5.36. The third-order valence-electron chi connectivity index (χ3n) is 5.17. The number of aliphatic imine (C=N–C) groups is 1. The molecule has 2 aliphatic rings. The number of rotatable bonds is 6. The smallest absolute Gasteiger partial charge is 0.255 e. The Morgan fingerprint density at radius 1 is 1.25 bits per heavy atom. The number of aromatic hydroxyl groups is 1. The second kappa shape index (κ2) is 10.3. The van der Waals surface area contributed by atoms with E-state index >= 15 is 0 Å². The van der Waals surface area contributed by atoms with Crippen LogP contribution in [0.2, 0.25) is 0 Å². The highest BCUT2D eigenvalue weighted by atomic mass is 16.5. The molecule has 2 fully saturated rings. The van der Waals surface area contributed by atoms with Gasteiger partial charge >= 0.3 is 0 Å².